The van der Waals surface area contributed by atoms with Crippen molar-refractivity contribution in [3.05, 3.63) is 0 Å². The highest BCUT2D eigenvalue weighted by Gasteiger charge is 2.29. The Balaban J connectivity index is 0. The van der Waals surface area contributed by atoms with E-state index in [4.69, 9.17) is 40.5 Å². The van der Waals surface area contributed by atoms with E-state index in [-0.39, 0.29) is 6.29 Å². The van der Waals surface area contributed by atoms with E-state index >= 15 is 0 Å². The van der Waals surface area contributed by atoms with Gasteiger partial charge in [0.25, 0.3) is 0 Å². The average molecular weight is 242 g/mol. The molecule has 0 unspecified atom stereocenters. The molecule has 0 saturated carbocycles. The maximum absolute atomic E-state index is 9.90. The lowest BCUT2D eigenvalue weighted by Crippen LogP contribution is -2.46. The fourth-order valence-electron chi connectivity index (χ4n) is 0.618. The fraction of sp³-hybridized carbons (Fsp3) is 0.714. The summed E-state index contributed by atoms with van der Waals surface area (Å²) in [6.45, 7) is -0.760. The van der Waals surface area contributed by atoms with Crippen molar-refractivity contribution < 1.29 is 45.3 Å². The van der Waals surface area contributed by atoms with Gasteiger partial charge in [0.15, 0.2) is 6.29 Å². The lowest BCUT2D eigenvalue weighted by molar-refractivity contribution is -0.136. The molecular weight excluding hydrogens is 228 g/mol. The second-order valence-electron chi connectivity index (χ2n) is 2.64. The molecular formula is C7H14O9. The number of hydrogen-bond acceptors (Lipinski definition) is 7. The summed E-state index contributed by atoms with van der Waals surface area (Å²) in [5.41, 5.74) is 0. The quantitative estimate of drug-likeness (QED) is 0.245. The molecule has 0 heterocycles. The van der Waals surface area contributed by atoms with Crippen LogP contribution in [0.1, 0.15) is 0 Å². The number of carbonyl (C=O) groups is 2. The Hall–Kier alpha value is -1.26. The highest BCUT2D eigenvalue weighted by molar-refractivity contribution is 5.56. The van der Waals surface area contributed by atoms with E-state index in [1.54, 1.807) is 0 Å². The minimum Gasteiger partial charge on any atom is -0.450 e. The molecule has 0 rings (SSSR count). The Kier molecular flexibility index (Phi) is 9.65. The number of rotatable bonds is 5. The van der Waals surface area contributed by atoms with Gasteiger partial charge in [-0.05, 0) is 0 Å². The Bertz CT molecular complexity index is 202. The van der Waals surface area contributed by atoms with Gasteiger partial charge in [0.2, 0.25) is 0 Å². The van der Waals surface area contributed by atoms with Gasteiger partial charge in [0.1, 0.15) is 24.4 Å². The zero-order valence-electron chi connectivity index (χ0n) is 8.04. The second kappa shape index (κ2) is 9.00. The van der Waals surface area contributed by atoms with Crippen LogP contribution >= 0.6 is 0 Å². The number of hydrogen-bond donors (Lipinski definition) is 7. The molecule has 0 spiro atoms. The van der Waals surface area contributed by atoms with Crippen LogP contribution in [-0.4, -0.2) is 79.2 Å². The maximum Gasteiger partial charge on any atom is 0.503 e. The monoisotopic (exact) mass is 242 g/mol. The van der Waals surface area contributed by atoms with Crippen molar-refractivity contribution in [2.45, 2.75) is 24.4 Å². The molecule has 0 amide bonds. The normalized spacial score (nSPS) is 17.3. The van der Waals surface area contributed by atoms with Crippen molar-refractivity contribution >= 4 is 12.4 Å². The van der Waals surface area contributed by atoms with Crippen molar-refractivity contribution in [2.24, 2.45) is 0 Å². The largest absolute Gasteiger partial charge is 0.503 e. The zero-order valence-corrected chi connectivity index (χ0v) is 8.04. The fourth-order valence-corrected chi connectivity index (χ4v) is 0.618. The molecule has 0 aliphatic carbocycles. The lowest BCUT2D eigenvalue weighted by atomic mass is 10.0. The van der Waals surface area contributed by atoms with Crippen molar-refractivity contribution in [2.75, 3.05) is 6.61 Å². The first-order valence-corrected chi connectivity index (χ1v) is 3.98. The van der Waals surface area contributed by atoms with E-state index in [1.165, 1.54) is 0 Å². The van der Waals surface area contributed by atoms with Crippen LogP contribution in [0.3, 0.4) is 0 Å². The average Bonchev–Trinajstić information content (AvgIpc) is 2.24. The summed E-state index contributed by atoms with van der Waals surface area (Å²) in [4.78, 5) is 18.5. The van der Waals surface area contributed by atoms with Gasteiger partial charge < -0.3 is 40.5 Å². The first-order valence-electron chi connectivity index (χ1n) is 3.98. The molecule has 9 heteroatoms. The number of aldehydes is 1. The number of carboxylic acid groups (broad SMARTS) is 2. The van der Waals surface area contributed by atoms with E-state index in [1.807, 2.05) is 0 Å². The van der Waals surface area contributed by atoms with Gasteiger partial charge in [-0.3, -0.25) is 0 Å². The van der Waals surface area contributed by atoms with Gasteiger partial charge >= 0.3 is 6.16 Å². The van der Waals surface area contributed by atoms with E-state index in [9.17, 15) is 4.79 Å². The molecule has 0 aliphatic heterocycles. The van der Waals surface area contributed by atoms with Gasteiger partial charge in [-0.25, -0.2) is 4.79 Å². The Morgan fingerprint density at radius 3 is 1.69 bits per heavy atom. The predicted octanol–water partition coefficient (Wildman–Crippen LogP) is -3.16. The molecule has 9 nitrogen and oxygen atoms in total. The highest BCUT2D eigenvalue weighted by Crippen LogP contribution is 2.02. The number of aliphatic hydroxyl groups is 5. The van der Waals surface area contributed by atoms with E-state index in [2.05, 4.69) is 0 Å². The molecule has 0 saturated heterocycles. The van der Waals surface area contributed by atoms with Crippen molar-refractivity contribution in [1.82, 2.24) is 0 Å². The molecule has 0 bridgehead atoms. The van der Waals surface area contributed by atoms with Crippen LogP contribution in [0, 0.1) is 0 Å². The summed E-state index contributed by atoms with van der Waals surface area (Å²) in [6.07, 6.45) is -8.67. The summed E-state index contributed by atoms with van der Waals surface area (Å²) in [5.74, 6) is 0. The van der Waals surface area contributed by atoms with Gasteiger partial charge in [0.05, 0.1) is 6.61 Å². The van der Waals surface area contributed by atoms with Crippen LogP contribution in [0.4, 0.5) is 4.79 Å². The second-order valence-corrected chi connectivity index (χ2v) is 2.64. The molecule has 7 N–H and O–H groups in total. The summed E-state index contributed by atoms with van der Waals surface area (Å²) in [7, 11) is 0. The molecule has 0 radical (unpaired) electrons. The van der Waals surface area contributed by atoms with Crippen LogP contribution in [-0.2, 0) is 4.79 Å². The number of carbonyl (C=O) groups excluding carboxylic acids is 1. The van der Waals surface area contributed by atoms with Crippen LogP contribution < -0.4 is 0 Å². The highest BCUT2D eigenvalue weighted by atomic mass is 16.6. The number of aliphatic hydroxyl groups excluding tert-OH is 5. The third kappa shape index (κ3) is 8.08. The molecule has 0 aromatic carbocycles. The van der Waals surface area contributed by atoms with Crippen molar-refractivity contribution in [3.63, 3.8) is 0 Å². The van der Waals surface area contributed by atoms with Crippen LogP contribution in [0.15, 0.2) is 0 Å². The van der Waals surface area contributed by atoms with Gasteiger partial charge in [-0.15, -0.1) is 0 Å². The summed E-state index contributed by atoms with van der Waals surface area (Å²) in [6, 6.07) is 0. The van der Waals surface area contributed by atoms with Crippen LogP contribution in [0.5, 0.6) is 0 Å². The van der Waals surface area contributed by atoms with Crippen molar-refractivity contribution in [3.8, 4) is 0 Å². The standard InChI is InChI=1S/C6H12O6.CH2O3/c7-1-3(9)5(11)6(12)4(10)2-8;2-1(3)4/h1,3-6,8-12H,2H2;(H2,2,3,4)/t3-,4+,5+,6+;/m0./s1. The van der Waals surface area contributed by atoms with Gasteiger partial charge in [0, 0.05) is 0 Å². The van der Waals surface area contributed by atoms with Crippen LogP contribution in [0.2, 0.25) is 0 Å². The van der Waals surface area contributed by atoms with Gasteiger partial charge in [-0.2, -0.15) is 0 Å². The molecule has 0 fully saturated rings. The zero-order chi connectivity index (χ0) is 13.3. The molecule has 0 aromatic rings. The Labute approximate surface area is 89.8 Å². The minimum absolute atomic E-state index is 0.0258. The summed E-state index contributed by atoms with van der Waals surface area (Å²) < 4.78 is 0. The van der Waals surface area contributed by atoms with E-state index < -0.39 is 37.2 Å². The maximum atomic E-state index is 9.90. The molecule has 0 aliphatic rings. The first kappa shape index (κ1) is 17.1. The minimum atomic E-state index is -1.83. The SMILES string of the molecule is O=C(O)O.O=C[C@H](O)[C@@H](O)[C@H](O)[C@H](O)CO. The summed E-state index contributed by atoms with van der Waals surface area (Å²) >= 11 is 0. The van der Waals surface area contributed by atoms with Crippen molar-refractivity contribution in [1.29, 1.82) is 0 Å². The predicted molar refractivity (Wildman–Crippen MR) is 47.8 cm³/mol. The van der Waals surface area contributed by atoms with E-state index in [0.29, 0.717) is 0 Å². The lowest BCUT2D eigenvalue weighted by Gasteiger charge is -2.22. The molecule has 96 valence electrons. The summed E-state index contributed by atoms with van der Waals surface area (Å²) in [5, 5.41) is 57.5. The van der Waals surface area contributed by atoms with E-state index in [0.717, 1.165) is 0 Å². The third-order valence-electron chi connectivity index (χ3n) is 1.42. The Morgan fingerprint density at radius 2 is 1.44 bits per heavy atom. The third-order valence-corrected chi connectivity index (χ3v) is 1.42. The first-order chi connectivity index (χ1) is 7.27. The molecule has 16 heavy (non-hydrogen) atoms. The topological polar surface area (TPSA) is 176 Å². The van der Waals surface area contributed by atoms with Gasteiger partial charge in [-0.1, -0.05) is 0 Å². The molecule has 4 atom stereocenters. The van der Waals surface area contributed by atoms with Crippen LogP contribution in [0.25, 0.3) is 0 Å². The smallest absolute Gasteiger partial charge is 0.450 e. The molecule has 0 aromatic heterocycles. The Morgan fingerprint density at radius 1 is 1.06 bits per heavy atom.